The van der Waals surface area contributed by atoms with Crippen molar-refractivity contribution in [2.75, 3.05) is 6.61 Å². The van der Waals surface area contributed by atoms with E-state index in [1.54, 1.807) is 19.2 Å². The predicted octanol–water partition coefficient (Wildman–Crippen LogP) is 6.64. The van der Waals surface area contributed by atoms with Crippen LogP contribution in [0, 0.1) is 19.8 Å². The van der Waals surface area contributed by atoms with E-state index in [0.29, 0.717) is 21.9 Å². The number of aromatic amines is 1. The molecule has 13 heteroatoms. The highest BCUT2D eigenvalue weighted by Gasteiger charge is 2.32. The van der Waals surface area contributed by atoms with Crippen molar-refractivity contribution in [1.82, 2.24) is 29.1 Å². The molecule has 9 nitrogen and oxygen atoms in total. The number of H-pyrrole nitrogens is 1. The average Bonchev–Trinajstić information content (AvgIpc) is 3.75. The molecule has 0 radical (unpaired) electrons. The molecular formula is C34H33F3N6O3S. The fourth-order valence-electron chi connectivity index (χ4n) is 5.92. The van der Waals surface area contributed by atoms with Crippen LogP contribution in [0.4, 0.5) is 13.2 Å². The third kappa shape index (κ3) is 6.91. The number of para-hydroxylation sites is 3. The highest BCUT2D eigenvalue weighted by Crippen LogP contribution is 2.34. The van der Waals surface area contributed by atoms with Crippen LogP contribution in [-0.2, 0) is 36.9 Å². The summed E-state index contributed by atoms with van der Waals surface area (Å²) >= 11 is -1.51. The summed E-state index contributed by atoms with van der Waals surface area (Å²) in [4.78, 5) is 28.6. The summed E-state index contributed by atoms with van der Waals surface area (Å²) < 4.78 is 58.5. The summed E-state index contributed by atoms with van der Waals surface area (Å²) in [6.07, 6.45) is 2.54. The van der Waals surface area contributed by atoms with Gasteiger partial charge in [0.05, 0.1) is 16.7 Å². The summed E-state index contributed by atoms with van der Waals surface area (Å²) in [5, 5.41) is 1.39. The molecule has 7 rings (SSSR count). The van der Waals surface area contributed by atoms with Gasteiger partial charge in [0.1, 0.15) is 11.6 Å². The molecule has 0 amide bonds. The standard InChI is InChI=1S/C18H19N3O.C16H14F3N3O2S/c1-12-19-9-10-21(12)11-13-7-8-16-17(18(13)22)14-5-3-4-6-15(14)20(16)2;1-10-13(20-7-6-14(10)24-9-16(17,18)19)8-25(23)15-21-11-4-2-3-5-12(11)22-15/h3-6,9-10,13H,7-8,11H2,1-2H3;2-7H,8-9H2,1H3,(H,21,22). The Morgan fingerprint density at radius 3 is 2.57 bits per heavy atom. The fourth-order valence-corrected chi connectivity index (χ4v) is 7.02. The first kappa shape index (κ1) is 32.3. The molecule has 0 spiro atoms. The zero-order valence-electron chi connectivity index (χ0n) is 26.0. The van der Waals surface area contributed by atoms with Crippen molar-refractivity contribution in [1.29, 1.82) is 0 Å². The Hall–Kier alpha value is -4.62. The topological polar surface area (TPSA) is 114 Å². The molecule has 0 fully saturated rings. The molecule has 1 N–H and O–H groups in total. The zero-order valence-corrected chi connectivity index (χ0v) is 26.9. The first-order valence-corrected chi connectivity index (χ1v) is 16.4. The third-order valence-electron chi connectivity index (χ3n) is 8.42. The van der Waals surface area contributed by atoms with E-state index < -0.39 is 24.0 Å². The lowest BCUT2D eigenvalue weighted by molar-refractivity contribution is -0.153. The van der Waals surface area contributed by atoms with Gasteiger partial charge >= 0.3 is 11.3 Å². The highest BCUT2D eigenvalue weighted by atomic mass is 32.2. The minimum atomic E-state index is -4.42. The molecule has 2 unspecified atom stereocenters. The molecule has 1 aliphatic carbocycles. The maximum atomic E-state index is 13.0. The van der Waals surface area contributed by atoms with Gasteiger partial charge in [0.2, 0.25) is 0 Å². The Morgan fingerprint density at radius 1 is 1.06 bits per heavy atom. The Balaban J connectivity index is 0.000000165. The number of Topliss-reactive ketones (excluding diaryl/α,β-unsaturated/α-hetero) is 1. The number of benzene rings is 2. The number of imidazole rings is 2. The van der Waals surface area contributed by atoms with Crippen molar-refractivity contribution in [3.05, 3.63) is 102 Å². The molecule has 4 heterocycles. The van der Waals surface area contributed by atoms with E-state index in [1.807, 2.05) is 43.5 Å². The average molecular weight is 663 g/mol. The molecule has 0 aliphatic heterocycles. The number of fused-ring (bicyclic) bond motifs is 4. The number of hydrogen-bond donors (Lipinski definition) is 1. The van der Waals surface area contributed by atoms with Gasteiger partial charge in [0, 0.05) is 77.0 Å². The number of nitrogens with zero attached hydrogens (tertiary/aromatic N) is 5. The van der Waals surface area contributed by atoms with Gasteiger partial charge in [-0.25, -0.2) is 4.98 Å². The van der Waals surface area contributed by atoms with Gasteiger partial charge in [0.25, 0.3) is 0 Å². The second-order valence-electron chi connectivity index (χ2n) is 11.5. The second kappa shape index (κ2) is 13.2. The summed E-state index contributed by atoms with van der Waals surface area (Å²) in [5.41, 5.74) is 5.56. The van der Waals surface area contributed by atoms with Crippen LogP contribution < -0.4 is 4.74 Å². The largest absolute Gasteiger partial charge is 0.609 e. The van der Waals surface area contributed by atoms with E-state index in [0.717, 1.165) is 47.2 Å². The zero-order chi connectivity index (χ0) is 33.3. The number of rotatable bonds is 7. The minimum Gasteiger partial charge on any atom is -0.609 e. The van der Waals surface area contributed by atoms with Gasteiger partial charge < -0.3 is 18.4 Å². The lowest BCUT2D eigenvalue weighted by Crippen LogP contribution is -2.27. The van der Waals surface area contributed by atoms with Gasteiger partial charge in [-0.2, -0.15) is 18.2 Å². The number of aryl methyl sites for hydroxylation is 2. The number of aromatic nitrogens is 6. The number of halogens is 3. The predicted molar refractivity (Wildman–Crippen MR) is 173 cm³/mol. The summed E-state index contributed by atoms with van der Waals surface area (Å²) in [6, 6.07) is 16.8. The number of ketones is 1. The van der Waals surface area contributed by atoms with Crippen LogP contribution in [0.1, 0.15) is 39.6 Å². The van der Waals surface area contributed by atoms with E-state index in [2.05, 4.69) is 48.3 Å². The van der Waals surface area contributed by atoms with Crippen LogP contribution in [0.2, 0.25) is 0 Å². The van der Waals surface area contributed by atoms with Crippen LogP contribution in [0.3, 0.4) is 0 Å². The lowest BCUT2D eigenvalue weighted by atomic mass is 9.85. The van der Waals surface area contributed by atoms with Gasteiger partial charge in [-0.05, 0) is 51.0 Å². The number of hydrogen-bond acceptors (Lipinski definition) is 6. The van der Waals surface area contributed by atoms with E-state index in [-0.39, 0.29) is 23.2 Å². The minimum absolute atomic E-state index is 0.0227. The van der Waals surface area contributed by atoms with Gasteiger partial charge in [0.15, 0.2) is 18.1 Å². The number of carbonyl (C=O) groups excluding carboxylic acids is 1. The highest BCUT2D eigenvalue weighted by molar-refractivity contribution is 7.90. The van der Waals surface area contributed by atoms with Crippen molar-refractivity contribution in [2.24, 2.45) is 13.0 Å². The van der Waals surface area contributed by atoms with Crippen LogP contribution in [0.5, 0.6) is 5.75 Å². The molecule has 47 heavy (non-hydrogen) atoms. The Bertz CT molecular complexity index is 2020. The van der Waals surface area contributed by atoms with Gasteiger partial charge in [-0.3, -0.25) is 14.8 Å². The monoisotopic (exact) mass is 662 g/mol. The molecule has 0 saturated heterocycles. The summed E-state index contributed by atoms with van der Waals surface area (Å²) in [5.74, 6) is 1.40. The molecule has 2 aromatic carbocycles. The number of carbonyl (C=O) groups is 1. The molecule has 0 saturated carbocycles. The second-order valence-corrected chi connectivity index (χ2v) is 12.8. The normalized spacial score (nSPS) is 15.4. The maximum Gasteiger partial charge on any atom is 0.422 e. The van der Waals surface area contributed by atoms with E-state index >= 15 is 0 Å². The first-order chi connectivity index (χ1) is 22.5. The SMILES string of the molecule is Cc1c(OCC(F)(F)F)ccnc1C[S+]([O-])c1nc2ccccc2[nH]1.Cc1nccn1CC1CCc2c(c3ccccc3n2C)C1=O. The van der Waals surface area contributed by atoms with E-state index in [4.69, 9.17) is 4.74 Å². The van der Waals surface area contributed by atoms with Crippen molar-refractivity contribution >= 4 is 38.9 Å². The van der Waals surface area contributed by atoms with Crippen molar-refractivity contribution in [3.63, 3.8) is 0 Å². The number of pyridine rings is 1. The van der Waals surface area contributed by atoms with E-state index in [9.17, 15) is 22.5 Å². The first-order valence-electron chi connectivity index (χ1n) is 15.1. The molecule has 2 atom stereocenters. The lowest BCUT2D eigenvalue weighted by Gasteiger charge is -2.23. The van der Waals surface area contributed by atoms with E-state index in [1.165, 1.54) is 18.0 Å². The Kier molecular flexibility index (Phi) is 9.11. The molecule has 0 bridgehead atoms. The number of ether oxygens (including phenoxy) is 1. The summed E-state index contributed by atoms with van der Waals surface area (Å²) in [7, 11) is 2.06. The third-order valence-corrected chi connectivity index (χ3v) is 9.58. The molecule has 1 aliphatic rings. The molecule has 4 aromatic heterocycles. The van der Waals surface area contributed by atoms with Crippen LogP contribution in [0.15, 0.2) is 78.3 Å². The van der Waals surface area contributed by atoms with Crippen molar-refractivity contribution < 1.29 is 27.3 Å². The molecular weight excluding hydrogens is 629 g/mol. The van der Waals surface area contributed by atoms with Gasteiger partial charge in [-0.15, -0.1) is 0 Å². The fraction of sp³-hybridized carbons (Fsp3) is 0.294. The van der Waals surface area contributed by atoms with Crippen molar-refractivity contribution in [3.8, 4) is 5.75 Å². The summed E-state index contributed by atoms with van der Waals surface area (Å²) in [6.45, 7) is 2.91. The molecule has 244 valence electrons. The van der Waals surface area contributed by atoms with Crippen LogP contribution >= 0.6 is 0 Å². The van der Waals surface area contributed by atoms with Gasteiger partial charge in [-0.1, -0.05) is 30.3 Å². The van der Waals surface area contributed by atoms with Crippen LogP contribution in [0.25, 0.3) is 21.9 Å². The maximum absolute atomic E-state index is 13.0. The van der Waals surface area contributed by atoms with Crippen molar-refractivity contribution in [2.45, 2.75) is 50.3 Å². The number of alkyl halides is 3. The number of nitrogens with one attached hydrogen (secondary N) is 1. The van der Waals surface area contributed by atoms with Crippen LogP contribution in [-0.4, -0.2) is 52.2 Å². The quantitative estimate of drug-likeness (QED) is 0.192. The Morgan fingerprint density at radius 2 is 1.83 bits per heavy atom. The molecule has 6 aromatic rings. The Labute approximate surface area is 272 Å². The smallest absolute Gasteiger partial charge is 0.422 e.